The third-order valence-corrected chi connectivity index (χ3v) is 5.98. The molecule has 0 aliphatic heterocycles. The average Bonchev–Trinajstić information content (AvgIpc) is 2.98. The average molecular weight is 385 g/mol. The number of aryl methyl sites for hydroxylation is 1. The molecule has 0 bridgehead atoms. The van der Waals surface area contributed by atoms with Gasteiger partial charge in [0.2, 0.25) is 0 Å². The first kappa shape index (κ1) is 19.6. The van der Waals surface area contributed by atoms with Crippen LogP contribution in [0, 0.1) is 5.92 Å². The molecule has 7 nitrogen and oxygen atoms in total. The highest BCUT2D eigenvalue weighted by atomic mass is 32.2. The molecule has 0 radical (unpaired) electrons. The summed E-state index contributed by atoms with van der Waals surface area (Å²) < 4.78 is 0. The normalized spacial score (nSPS) is 17.3. The lowest BCUT2D eigenvalue weighted by atomic mass is 9.90. The van der Waals surface area contributed by atoms with E-state index in [0.29, 0.717) is 23.0 Å². The zero-order chi connectivity index (χ0) is 18.4. The summed E-state index contributed by atoms with van der Waals surface area (Å²) in [6.45, 7) is 2.21. The van der Waals surface area contributed by atoms with E-state index in [0.717, 1.165) is 19.3 Å². The number of rotatable bonds is 6. The number of hydrogen-bond donors (Lipinski definition) is 4. The van der Waals surface area contributed by atoms with Crippen molar-refractivity contribution in [2.75, 3.05) is 12.0 Å². The SMILES string of the molecule is CSCC[C@H](NC(N)=O)C(=O)NNC(=O)c1cc2c(s1)CC[C@@H](C)C2. The van der Waals surface area contributed by atoms with E-state index >= 15 is 0 Å². The van der Waals surface area contributed by atoms with Gasteiger partial charge in [0.25, 0.3) is 11.8 Å². The minimum Gasteiger partial charge on any atom is -0.352 e. The Morgan fingerprint density at radius 1 is 1.40 bits per heavy atom. The Bertz CT molecular complexity index is 647. The summed E-state index contributed by atoms with van der Waals surface area (Å²) >= 11 is 3.03. The summed E-state index contributed by atoms with van der Waals surface area (Å²) in [6, 6.07) is 0.361. The summed E-state index contributed by atoms with van der Waals surface area (Å²) in [5.74, 6) is 0.483. The van der Waals surface area contributed by atoms with Crippen LogP contribution in [-0.4, -0.2) is 35.9 Å². The highest BCUT2D eigenvalue weighted by Crippen LogP contribution is 2.32. The number of urea groups is 1. The van der Waals surface area contributed by atoms with Crippen LogP contribution in [0.25, 0.3) is 0 Å². The van der Waals surface area contributed by atoms with Crippen molar-refractivity contribution in [1.82, 2.24) is 16.2 Å². The highest BCUT2D eigenvalue weighted by Gasteiger charge is 2.23. The van der Waals surface area contributed by atoms with Crippen molar-refractivity contribution < 1.29 is 14.4 Å². The number of thioether (sulfide) groups is 1. The highest BCUT2D eigenvalue weighted by molar-refractivity contribution is 7.98. The smallest absolute Gasteiger partial charge is 0.312 e. The fourth-order valence-electron chi connectivity index (χ4n) is 2.76. The molecule has 0 unspecified atom stereocenters. The van der Waals surface area contributed by atoms with E-state index in [9.17, 15) is 14.4 Å². The monoisotopic (exact) mass is 384 g/mol. The van der Waals surface area contributed by atoms with Crippen molar-refractivity contribution in [3.8, 4) is 0 Å². The van der Waals surface area contributed by atoms with Gasteiger partial charge in [-0.15, -0.1) is 11.3 Å². The maximum atomic E-state index is 12.3. The van der Waals surface area contributed by atoms with Gasteiger partial charge in [0.05, 0.1) is 4.88 Å². The van der Waals surface area contributed by atoms with Crippen molar-refractivity contribution in [3.63, 3.8) is 0 Å². The molecule has 0 fully saturated rings. The van der Waals surface area contributed by atoms with Crippen LogP contribution in [-0.2, 0) is 17.6 Å². The number of hydrazine groups is 1. The fraction of sp³-hybridized carbons (Fsp3) is 0.562. The van der Waals surface area contributed by atoms with E-state index in [-0.39, 0.29) is 5.91 Å². The second kappa shape index (κ2) is 9.10. The van der Waals surface area contributed by atoms with Gasteiger partial charge in [-0.05, 0) is 55.2 Å². The summed E-state index contributed by atoms with van der Waals surface area (Å²) in [4.78, 5) is 37.3. The van der Waals surface area contributed by atoms with Crippen LogP contribution in [0.1, 0.15) is 39.9 Å². The van der Waals surface area contributed by atoms with E-state index < -0.39 is 18.0 Å². The number of fused-ring (bicyclic) bond motifs is 1. The molecule has 5 N–H and O–H groups in total. The summed E-state index contributed by atoms with van der Waals surface area (Å²) in [5, 5.41) is 2.39. The van der Waals surface area contributed by atoms with E-state index in [2.05, 4.69) is 23.1 Å². The van der Waals surface area contributed by atoms with Gasteiger partial charge in [-0.25, -0.2) is 4.79 Å². The van der Waals surface area contributed by atoms with Crippen LogP contribution in [0.15, 0.2) is 6.07 Å². The maximum absolute atomic E-state index is 12.3. The lowest BCUT2D eigenvalue weighted by Crippen LogP contribution is -2.53. The van der Waals surface area contributed by atoms with Crippen LogP contribution < -0.4 is 21.9 Å². The molecule has 9 heteroatoms. The Labute approximate surface area is 155 Å². The number of carbonyl (C=O) groups excluding carboxylic acids is 3. The zero-order valence-electron chi connectivity index (χ0n) is 14.4. The molecule has 0 spiro atoms. The molecule has 1 aliphatic rings. The Hall–Kier alpha value is -1.74. The molecule has 1 heterocycles. The molecule has 1 aromatic rings. The second-order valence-electron chi connectivity index (χ2n) is 6.19. The number of nitrogens with two attached hydrogens (primary N) is 1. The van der Waals surface area contributed by atoms with Crippen LogP contribution in [0.4, 0.5) is 4.79 Å². The van der Waals surface area contributed by atoms with Gasteiger partial charge in [0.1, 0.15) is 6.04 Å². The lowest BCUT2D eigenvalue weighted by Gasteiger charge is -2.16. The largest absolute Gasteiger partial charge is 0.352 e. The van der Waals surface area contributed by atoms with Gasteiger partial charge < -0.3 is 11.1 Å². The molecule has 2 atom stereocenters. The third kappa shape index (κ3) is 5.64. The van der Waals surface area contributed by atoms with Gasteiger partial charge in [-0.2, -0.15) is 11.8 Å². The number of nitrogens with one attached hydrogen (secondary N) is 3. The molecule has 0 saturated heterocycles. The van der Waals surface area contributed by atoms with E-state index in [1.165, 1.54) is 21.8 Å². The van der Waals surface area contributed by atoms with Gasteiger partial charge in [0, 0.05) is 4.88 Å². The number of thiophene rings is 1. The van der Waals surface area contributed by atoms with Crippen LogP contribution in [0.3, 0.4) is 0 Å². The standard InChI is InChI=1S/C16H24N4O3S2/c1-9-3-4-12-10(7-9)8-13(25-12)15(22)20-19-14(21)11(5-6-24-2)18-16(17)23/h8-9,11H,3-7H2,1-2H3,(H,19,21)(H,20,22)(H3,17,18,23)/t9-,11+/m1/s1. The van der Waals surface area contributed by atoms with E-state index in [1.807, 2.05) is 12.3 Å². The molecule has 4 amide bonds. The second-order valence-corrected chi connectivity index (χ2v) is 8.32. The molecule has 0 saturated carbocycles. The van der Waals surface area contributed by atoms with E-state index in [1.54, 1.807) is 11.8 Å². The van der Waals surface area contributed by atoms with Gasteiger partial charge >= 0.3 is 6.03 Å². The Balaban J connectivity index is 1.91. The lowest BCUT2D eigenvalue weighted by molar-refractivity contribution is -0.123. The minimum absolute atomic E-state index is 0.344. The molecule has 2 rings (SSSR count). The van der Waals surface area contributed by atoms with Crippen LogP contribution in [0.2, 0.25) is 0 Å². The molecular weight excluding hydrogens is 360 g/mol. The summed E-state index contributed by atoms with van der Waals surface area (Å²) in [6.07, 6.45) is 5.46. The Kier molecular flexibility index (Phi) is 7.12. The molecule has 25 heavy (non-hydrogen) atoms. The van der Waals surface area contributed by atoms with Gasteiger partial charge in [0.15, 0.2) is 0 Å². The zero-order valence-corrected chi connectivity index (χ0v) is 16.0. The molecule has 1 aliphatic carbocycles. The minimum atomic E-state index is -0.775. The fourth-order valence-corrected chi connectivity index (χ4v) is 4.34. The van der Waals surface area contributed by atoms with Crippen LogP contribution >= 0.6 is 23.1 Å². The molecular formula is C16H24N4O3S2. The van der Waals surface area contributed by atoms with Gasteiger partial charge in [-0.3, -0.25) is 20.4 Å². The van der Waals surface area contributed by atoms with Crippen molar-refractivity contribution in [3.05, 3.63) is 21.4 Å². The van der Waals surface area contributed by atoms with Crippen molar-refractivity contribution in [1.29, 1.82) is 0 Å². The predicted octanol–water partition coefficient (Wildman–Crippen LogP) is 1.42. The van der Waals surface area contributed by atoms with Crippen LogP contribution in [0.5, 0.6) is 0 Å². The predicted molar refractivity (Wildman–Crippen MR) is 101 cm³/mol. The quantitative estimate of drug-likeness (QED) is 0.556. The number of primary amides is 1. The number of amides is 4. The summed E-state index contributed by atoms with van der Waals surface area (Å²) in [7, 11) is 0. The Morgan fingerprint density at radius 2 is 2.16 bits per heavy atom. The molecule has 138 valence electrons. The molecule has 0 aromatic carbocycles. The number of hydrogen-bond acceptors (Lipinski definition) is 5. The van der Waals surface area contributed by atoms with Crippen molar-refractivity contribution in [2.24, 2.45) is 11.7 Å². The summed E-state index contributed by atoms with van der Waals surface area (Å²) in [5.41, 5.74) is 11.1. The van der Waals surface area contributed by atoms with Crippen molar-refractivity contribution >= 4 is 40.9 Å². The van der Waals surface area contributed by atoms with E-state index in [4.69, 9.17) is 5.73 Å². The first-order chi connectivity index (χ1) is 11.9. The molecule has 1 aromatic heterocycles. The first-order valence-corrected chi connectivity index (χ1v) is 10.4. The number of carbonyl (C=O) groups is 3. The third-order valence-electron chi connectivity index (χ3n) is 4.10. The van der Waals surface area contributed by atoms with Gasteiger partial charge in [-0.1, -0.05) is 6.92 Å². The maximum Gasteiger partial charge on any atom is 0.312 e. The Morgan fingerprint density at radius 3 is 2.84 bits per heavy atom. The first-order valence-electron chi connectivity index (χ1n) is 8.17. The van der Waals surface area contributed by atoms with Crippen molar-refractivity contribution in [2.45, 2.75) is 38.6 Å². The topological polar surface area (TPSA) is 113 Å².